The molecule has 5 aliphatic heterocycles. The van der Waals surface area contributed by atoms with Crippen LogP contribution in [0.25, 0.3) is 0 Å². The van der Waals surface area contributed by atoms with Gasteiger partial charge in [-0.3, -0.25) is 47.9 Å². The molecule has 0 saturated carbocycles. The largest absolute Gasteiger partial charge is 0.394 e. The van der Waals surface area contributed by atoms with Gasteiger partial charge in [0.15, 0.2) is 0 Å². The Hall–Kier alpha value is -5.42. The first-order valence-electron chi connectivity index (χ1n) is 27.8. The van der Waals surface area contributed by atoms with Gasteiger partial charge in [0.1, 0.15) is 54.4 Å². The van der Waals surface area contributed by atoms with E-state index in [1.54, 1.807) is 6.92 Å². The number of nitrogens with one attached hydrogen (secondary N) is 6. The maximum atomic E-state index is 15.0. The van der Waals surface area contributed by atoms with E-state index < -0.39 is 138 Å². The summed E-state index contributed by atoms with van der Waals surface area (Å²) in [5.41, 5.74) is 5.76. The molecule has 0 aliphatic carbocycles. The zero-order valence-electron chi connectivity index (χ0n) is 45.1. The molecule has 10 amide bonds. The maximum Gasteiger partial charge on any atom is 0.246 e. The van der Waals surface area contributed by atoms with Crippen LogP contribution < -0.4 is 37.6 Å². The van der Waals surface area contributed by atoms with Crippen LogP contribution in [0.2, 0.25) is 0 Å². The van der Waals surface area contributed by atoms with Crippen molar-refractivity contribution in [1.82, 2.24) is 51.5 Å². The summed E-state index contributed by atoms with van der Waals surface area (Å²) in [6, 6.07) is -12.0. The second-order valence-corrected chi connectivity index (χ2v) is 21.4. The number of nitrogens with two attached hydrogens (primary N) is 1. The van der Waals surface area contributed by atoms with Crippen LogP contribution in [0.3, 0.4) is 0 Å². The van der Waals surface area contributed by atoms with Crippen molar-refractivity contribution < 1.29 is 58.2 Å². The van der Waals surface area contributed by atoms with Gasteiger partial charge >= 0.3 is 0 Å². The van der Waals surface area contributed by atoms with Crippen LogP contribution in [-0.2, 0) is 47.9 Å². The number of amides is 10. The molecule has 5 fully saturated rings. The molecule has 75 heavy (non-hydrogen) atoms. The molecule has 0 spiro atoms. The van der Waals surface area contributed by atoms with E-state index in [9.17, 15) is 58.2 Å². The Balaban J connectivity index is 1.55. The molecule has 10 N–H and O–H groups in total. The molecule has 0 unspecified atom stereocenters. The lowest BCUT2D eigenvalue weighted by Crippen LogP contribution is -2.62. The van der Waals surface area contributed by atoms with Crippen molar-refractivity contribution in [2.75, 3.05) is 39.3 Å². The average Bonchev–Trinajstić information content (AvgIpc) is 4.25. The van der Waals surface area contributed by atoms with Crippen molar-refractivity contribution in [3.05, 3.63) is 0 Å². The van der Waals surface area contributed by atoms with Crippen LogP contribution in [0.15, 0.2) is 0 Å². The number of unbranched alkanes of at least 4 members (excludes halogenated alkanes) is 4. The summed E-state index contributed by atoms with van der Waals surface area (Å²) >= 11 is 0. The second-order valence-electron chi connectivity index (χ2n) is 21.4. The summed E-state index contributed by atoms with van der Waals surface area (Å²) in [6.07, 6.45) is 5.87. The minimum atomic E-state index is -1.69. The number of rotatable bonds is 16. The van der Waals surface area contributed by atoms with E-state index in [4.69, 9.17) is 5.73 Å². The van der Waals surface area contributed by atoms with Gasteiger partial charge in [0.25, 0.3) is 0 Å². The van der Waals surface area contributed by atoms with Crippen LogP contribution in [0.5, 0.6) is 0 Å². The van der Waals surface area contributed by atoms with E-state index in [0.29, 0.717) is 64.2 Å². The molecule has 5 rings (SSSR count). The Morgan fingerprint density at radius 3 is 1.61 bits per heavy atom. The summed E-state index contributed by atoms with van der Waals surface area (Å²) in [4.78, 5) is 149. The van der Waals surface area contributed by atoms with E-state index in [0.717, 1.165) is 19.3 Å². The Morgan fingerprint density at radius 2 is 1.08 bits per heavy atom. The second kappa shape index (κ2) is 28.6. The number of hydrogen-bond donors (Lipinski definition) is 9. The van der Waals surface area contributed by atoms with Crippen molar-refractivity contribution >= 4 is 59.1 Å². The highest BCUT2D eigenvalue weighted by Crippen LogP contribution is 2.30. The van der Waals surface area contributed by atoms with Crippen molar-refractivity contribution in [3.8, 4) is 0 Å². The predicted molar refractivity (Wildman–Crippen MR) is 275 cm³/mol. The molecule has 23 nitrogen and oxygen atoms in total. The van der Waals surface area contributed by atoms with E-state index in [2.05, 4.69) is 38.8 Å². The molecule has 0 radical (unpaired) electrons. The number of aliphatic hydroxyl groups is 2. The van der Waals surface area contributed by atoms with Gasteiger partial charge in [-0.25, -0.2) is 0 Å². The average molecular weight is 1060 g/mol. The smallest absolute Gasteiger partial charge is 0.246 e. The number of nitrogens with zero attached hydrogens (tertiary/aromatic N) is 4. The van der Waals surface area contributed by atoms with E-state index in [1.165, 1.54) is 26.5 Å². The highest BCUT2D eigenvalue weighted by molar-refractivity contribution is 6.00. The van der Waals surface area contributed by atoms with Gasteiger partial charge in [0, 0.05) is 38.6 Å². The van der Waals surface area contributed by atoms with Gasteiger partial charge in [-0.2, -0.15) is 0 Å². The molecule has 422 valence electrons. The monoisotopic (exact) mass is 1060 g/mol. The number of carbonyl (C=O) groups excluding carboxylic acids is 10. The molecular weight excluding hydrogens is 971 g/mol. The molecule has 13 atom stereocenters. The number of hydrogen-bond acceptors (Lipinski definition) is 13. The van der Waals surface area contributed by atoms with Crippen LogP contribution in [0.4, 0.5) is 0 Å². The summed E-state index contributed by atoms with van der Waals surface area (Å²) < 4.78 is 0. The first-order chi connectivity index (χ1) is 35.8. The molecule has 0 bridgehead atoms. The molecule has 5 heterocycles. The van der Waals surface area contributed by atoms with Crippen LogP contribution >= 0.6 is 0 Å². The standard InChI is InChI=1S/C52H87N11O12/c1-7-10-11-12-22-40(66)54-33-27-39-47(70)59-43(32(6)65)48(71)55-34(18-13-14-23-53)44(67)56-35(29-64)45(68)57-41(30(4)8-2)51(74)61-25-16-20-37(61)49(72)60-24-15-19-36(60)46(69)58-42(31(5)9-3)52(75)62-26-17-21-38(62)50(73)63(39)28-33/h30-39,41-43,64-65H,7-29,53H2,1-6H3,(H,54,66)(H,55,71)(H,56,67)(H,57,68)(H,58,69)(H,59,70)/t30-,31-,32+,33-,34-,35-,36-,37-,38-,39+,41-,42-,43-/m0/s1. The lowest BCUT2D eigenvalue weighted by atomic mass is 9.96. The lowest BCUT2D eigenvalue weighted by molar-refractivity contribution is -0.150. The topological polar surface area (TPSA) is 322 Å². The summed E-state index contributed by atoms with van der Waals surface area (Å²) in [6.45, 7) is 10.4. The number of carbonyl (C=O) groups is 10. The quantitative estimate of drug-likeness (QED) is 0.0844. The molecule has 5 saturated heterocycles. The zero-order valence-corrected chi connectivity index (χ0v) is 45.1. The maximum absolute atomic E-state index is 15.0. The zero-order chi connectivity index (χ0) is 55.1. The Labute approximate surface area is 441 Å². The lowest BCUT2D eigenvalue weighted by Gasteiger charge is -2.36. The van der Waals surface area contributed by atoms with E-state index in [-0.39, 0.29) is 64.3 Å². The summed E-state index contributed by atoms with van der Waals surface area (Å²) in [7, 11) is 0. The Bertz CT molecular complexity index is 2040. The summed E-state index contributed by atoms with van der Waals surface area (Å²) in [5, 5.41) is 37.9. The van der Waals surface area contributed by atoms with Crippen molar-refractivity contribution in [1.29, 1.82) is 0 Å². The van der Waals surface area contributed by atoms with Gasteiger partial charge in [-0.05, 0) is 95.9 Å². The third kappa shape index (κ3) is 15.2. The molecular formula is C52H87N11O12. The van der Waals surface area contributed by atoms with E-state index >= 15 is 0 Å². The molecule has 0 aromatic rings. The Kier molecular flexibility index (Phi) is 23.1. The third-order valence-electron chi connectivity index (χ3n) is 16.0. The number of fused-ring (bicyclic) bond motifs is 4. The predicted octanol–water partition coefficient (Wildman–Crippen LogP) is -0.953. The summed E-state index contributed by atoms with van der Waals surface area (Å²) in [5.74, 6) is -7.44. The minimum Gasteiger partial charge on any atom is -0.394 e. The first-order valence-corrected chi connectivity index (χ1v) is 27.8. The normalized spacial score (nSPS) is 30.3. The SMILES string of the molecule is CCCCCCC(=O)N[C@H]1C[C@@H]2C(=O)N[C@@H]([C@@H](C)O)C(=O)N[C@@H](CCCCN)C(=O)N[C@@H](CO)C(=O)N[C@@H]([C@@H](C)CC)C(=O)N3CCC[C@H]3C(=O)N3CCC[C@H]3C(=O)N[C@@H]([C@@H](C)CC)C(=O)N3CCC[C@H]3C(=O)N2C1. The molecule has 0 aromatic carbocycles. The van der Waals surface area contributed by atoms with Gasteiger partial charge in [0.05, 0.1) is 12.7 Å². The Morgan fingerprint density at radius 1 is 0.587 bits per heavy atom. The third-order valence-corrected chi connectivity index (χ3v) is 16.0. The van der Waals surface area contributed by atoms with Crippen LogP contribution in [0.1, 0.15) is 151 Å². The minimum absolute atomic E-state index is 0.00834. The van der Waals surface area contributed by atoms with Gasteiger partial charge in [-0.1, -0.05) is 66.7 Å². The fourth-order valence-electron chi connectivity index (χ4n) is 11.1. The molecule has 0 aromatic heterocycles. The van der Waals surface area contributed by atoms with Crippen molar-refractivity contribution in [2.24, 2.45) is 17.6 Å². The fourth-order valence-corrected chi connectivity index (χ4v) is 11.1. The van der Waals surface area contributed by atoms with Gasteiger partial charge < -0.3 is 67.4 Å². The van der Waals surface area contributed by atoms with Crippen LogP contribution in [-0.4, -0.2) is 195 Å². The van der Waals surface area contributed by atoms with E-state index in [1.807, 2.05) is 20.8 Å². The van der Waals surface area contributed by atoms with Gasteiger partial charge in [-0.15, -0.1) is 0 Å². The van der Waals surface area contributed by atoms with Crippen LogP contribution in [0, 0.1) is 11.8 Å². The van der Waals surface area contributed by atoms with Gasteiger partial charge in [0.2, 0.25) is 59.1 Å². The highest BCUT2D eigenvalue weighted by Gasteiger charge is 2.49. The first kappa shape index (κ1) is 60.4. The fraction of sp³-hybridized carbons (Fsp3) is 0.808. The molecule has 23 heteroatoms. The van der Waals surface area contributed by atoms with Crippen molar-refractivity contribution in [3.63, 3.8) is 0 Å². The number of aliphatic hydroxyl groups excluding tert-OH is 2. The molecule has 5 aliphatic rings. The van der Waals surface area contributed by atoms with Crippen molar-refractivity contribution in [2.45, 2.75) is 217 Å². The highest BCUT2D eigenvalue weighted by atomic mass is 16.3.